The quantitative estimate of drug-likeness (QED) is 0.429. The minimum absolute atomic E-state index is 0.191. The van der Waals surface area contributed by atoms with E-state index < -0.39 is 5.54 Å². The summed E-state index contributed by atoms with van der Waals surface area (Å²) in [6, 6.07) is 8.60. The number of hydrogen-bond acceptors (Lipinski definition) is 3. The van der Waals surface area contributed by atoms with Gasteiger partial charge >= 0.3 is 0 Å². The number of aliphatic hydroxyl groups is 2. The lowest BCUT2D eigenvalue weighted by molar-refractivity contribution is 0.115. The van der Waals surface area contributed by atoms with Crippen LogP contribution in [0.2, 0.25) is 0 Å². The number of benzene rings is 1. The van der Waals surface area contributed by atoms with E-state index in [2.05, 4.69) is 56.3 Å². The van der Waals surface area contributed by atoms with Gasteiger partial charge in [0.25, 0.3) is 0 Å². The number of hydrogen-bond donors (Lipinski definition) is 3. The lowest BCUT2D eigenvalue weighted by atomic mass is 9.93. The van der Waals surface area contributed by atoms with E-state index in [1.807, 2.05) is 0 Å². The van der Waals surface area contributed by atoms with Crippen LogP contribution < -0.4 is 5.73 Å². The van der Waals surface area contributed by atoms with Crippen LogP contribution in [0.5, 0.6) is 0 Å². The van der Waals surface area contributed by atoms with Gasteiger partial charge in [0.15, 0.2) is 0 Å². The fourth-order valence-corrected chi connectivity index (χ4v) is 2.67. The molecule has 0 atom stereocenters. The molecule has 0 aliphatic carbocycles. The van der Waals surface area contributed by atoms with Crippen molar-refractivity contribution in [2.75, 3.05) is 13.2 Å². The van der Waals surface area contributed by atoms with E-state index in [4.69, 9.17) is 5.73 Å². The van der Waals surface area contributed by atoms with Gasteiger partial charge in [0, 0.05) is 0 Å². The van der Waals surface area contributed by atoms with Gasteiger partial charge in [0.2, 0.25) is 0 Å². The van der Waals surface area contributed by atoms with Crippen LogP contribution in [0.4, 0.5) is 0 Å². The number of aliphatic hydroxyl groups excluding tert-OH is 2. The third kappa shape index (κ3) is 7.43. The Kier molecular flexibility index (Phi) is 9.62. The Morgan fingerprint density at radius 2 is 1.58 bits per heavy atom. The molecule has 1 aromatic rings. The second kappa shape index (κ2) is 11.2. The van der Waals surface area contributed by atoms with Crippen molar-refractivity contribution in [1.82, 2.24) is 0 Å². The van der Waals surface area contributed by atoms with Crippen LogP contribution in [0.15, 0.2) is 48.1 Å². The molecule has 0 saturated carbocycles. The Bertz CT molecular complexity index is 513. The van der Waals surface area contributed by atoms with Gasteiger partial charge in [-0.05, 0) is 63.5 Å². The highest BCUT2D eigenvalue weighted by Crippen LogP contribution is 2.15. The third-order valence-corrected chi connectivity index (χ3v) is 4.50. The van der Waals surface area contributed by atoms with Crippen molar-refractivity contribution < 1.29 is 10.2 Å². The summed E-state index contributed by atoms with van der Waals surface area (Å²) in [7, 11) is 0. The Labute approximate surface area is 146 Å². The Hall–Kier alpha value is -1.42. The molecule has 24 heavy (non-hydrogen) atoms. The lowest BCUT2D eigenvalue weighted by Gasteiger charge is -2.24. The van der Waals surface area contributed by atoms with Crippen molar-refractivity contribution in [3.05, 3.63) is 59.2 Å². The minimum atomic E-state index is -0.879. The maximum Gasteiger partial charge on any atom is 0.0633 e. The summed E-state index contributed by atoms with van der Waals surface area (Å²) in [4.78, 5) is 0. The summed E-state index contributed by atoms with van der Waals surface area (Å²) >= 11 is 0. The van der Waals surface area contributed by atoms with Crippen molar-refractivity contribution in [2.45, 2.75) is 57.9 Å². The van der Waals surface area contributed by atoms with Crippen LogP contribution in [0.1, 0.15) is 50.7 Å². The lowest BCUT2D eigenvalue weighted by Crippen LogP contribution is -2.47. The molecule has 0 aliphatic rings. The smallest absolute Gasteiger partial charge is 0.0633 e. The second-order valence-electron chi connectivity index (χ2n) is 6.57. The molecule has 0 aromatic heterocycles. The number of allylic oxidation sites excluding steroid dienone is 4. The molecule has 4 N–H and O–H groups in total. The number of rotatable bonds is 11. The summed E-state index contributed by atoms with van der Waals surface area (Å²) in [5.74, 6) is 0. The van der Waals surface area contributed by atoms with Gasteiger partial charge in [0.1, 0.15) is 0 Å². The maximum absolute atomic E-state index is 9.23. The summed E-state index contributed by atoms with van der Waals surface area (Å²) in [6.07, 6.45) is 12.4. The number of aryl methyl sites for hydroxylation is 2. The summed E-state index contributed by atoms with van der Waals surface area (Å²) in [5.41, 5.74) is 8.98. The molecule has 0 radical (unpaired) electrons. The van der Waals surface area contributed by atoms with E-state index in [1.54, 1.807) is 0 Å². The summed E-state index contributed by atoms with van der Waals surface area (Å²) < 4.78 is 0. The van der Waals surface area contributed by atoms with Crippen molar-refractivity contribution >= 4 is 0 Å². The molecule has 0 unspecified atom stereocenters. The largest absolute Gasteiger partial charge is 0.394 e. The van der Waals surface area contributed by atoms with Gasteiger partial charge in [-0.25, -0.2) is 0 Å². The Balaban J connectivity index is 2.37. The van der Waals surface area contributed by atoms with Crippen molar-refractivity contribution in [2.24, 2.45) is 5.73 Å². The van der Waals surface area contributed by atoms with Crippen LogP contribution >= 0.6 is 0 Å². The predicted octanol–water partition coefficient (Wildman–Crippen LogP) is 3.54. The molecule has 1 rings (SSSR count). The van der Waals surface area contributed by atoms with Gasteiger partial charge in [-0.2, -0.15) is 0 Å². The first-order valence-electron chi connectivity index (χ1n) is 8.93. The van der Waals surface area contributed by atoms with Crippen molar-refractivity contribution in [3.8, 4) is 0 Å². The van der Waals surface area contributed by atoms with Crippen LogP contribution in [-0.4, -0.2) is 29.0 Å². The van der Waals surface area contributed by atoms with Crippen molar-refractivity contribution in [1.29, 1.82) is 0 Å². The molecule has 0 heterocycles. The molecule has 0 aliphatic heterocycles. The zero-order chi connectivity index (χ0) is 17.8. The van der Waals surface area contributed by atoms with Crippen molar-refractivity contribution in [3.63, 3.8) is 0 Å². The normalized spacial score (nSPS) is 13.0. The third-order valence-electron chi connectivity index (χ3n) is 4.50. The highest BCUT2D eigenvalue weighted by atomic mass is 16.3. The zero-order valence-corrected chi connectivity index (χ0v) is 15.2. The predicted molar refractivity (Wildman–Crippen MR) is 102 cm³/mol. The first-order valence-corrected chi connectivity index (χ1v) is 8.93. The molecule has 1 aromatic carbocycles. The Morgan fingerprint density at radius 1 is 1.00 bits per heavy atom. The van der Waals surface area contributed by atoms with E-state index >= 15 is 0 Å². The van der Waals surface area contributed by atoms with Gasteiger partial charge in [-0.3, -0.25) is 0 Å². The number of unbranched alkanes of at least 4 members (excludes halogenated alkanes) is 1. The molecule has 0 saturated heterocycles. The van der Waals surface area contributed by atoms with Gasteiger partial charge in [-0.1, -0.05) is 48.1 Å². The highest BCUT2D eigenvalue weighted by molar-refractivity contribution is 5.23. The van der Waals surface area contributed by atoms with Crippen LogP contribution in [-0.2, 0) is 12.8 Å². The van der Waals surface area contributed by atoms with E-state index in [1.165, 1.54) is 29.5 Å². The average Bonchev–Trinajstić information content (AvgIpc) is 2.63. The van der Waals surface area contributed by atoms with Crippen LogP contribution in [0.3, 0.4) is 0 Å². The van der Waals surface area contributed by atoms with E-state index in [9.17, 15) is 10.2 Å². The standard InChI is InChI=1S/C21H33NO2/c1-3-7-18(4-2)8-5-6-9-19-10-12-20(13-11-19)14-15-21(22,16-23)17-24/h3-4,7,10-13,23-24H,5-6,8-9,14-17,22H2,1-2H3/b7-3-,18-4+. The van der Waals surface area contributed by atoms with Gasteiger partial charge in [0.05, 0.1) is 18.8 Å². The zero-order valence-electron chi connectivity index (χ0n) is 15.2. The summed E-state index contributed by atoms with van der Waals surface area (Å²) in [5, 5.41) is 18.5. The second-order valence-corrected chi connectivity index (χ2v) is 6.57. The fraction of sp³-hybridized carbons (Fsp3) is 0.524. The highest BCUT2D eigenvalue weighted by Gasteiger charge is 2.22. The SMILES string of the molecule is C/C=C\C(=C/C)CCCCc1ccc(CCC(N)(CO)CO)cc1. The van der Waals surface area contributed by atoms with E-state index in [0.717, 1.165) is 19.3 Å². The summed E-state index contributed by atoms with van der Waals surface area (Å²) in [6.45, 7) is 3.77. The van der Waals surface area contributed by atoms with Gasteiger partial charge < -0.3 is 15.9 Å². The molecule has 134 valence electrons. The molecular formula is C21H33NO2. The topological polar surface area (TPSA) is 66.5 Å². The molecule has 0 bridgehead atoms. The van der Waals surface area contributed by atoms with E-state index in [-0.39, 0.29) is 13.2 Å². The maximum atomic E-state index is 9.23. The van der Waals surface area contributed by atoms with Crippen LogP contribution in [0, 0.1) is 0 Å². The van der Waals surface area contributed by atoms with Gasteiger partial charge in [-0.15, -0.1) is 0 Å². The molecule has 0 fully saturated rings. The molecule has 0 amide bonds. The van der Waals surface area contributed by atoms with Crippen LogP contribution in [0.25, 0.3) is 0 Å². The Morgan fingerprint density at radius 3 is 2.08 bits per heavy atom. The first-order chi connectivity index (χ1) is 11.6. The first kappa shape index (κ1) is 20.6. The fourth-order valence-electron chi connectivity index (χ4n) is 2.67. The minimum Gasteiger partial charge on any atom is -0.394 e. The number of nitrogens with two attached hydrogens (primary N) is 1. The molecule has 3 nitrogen and oxygen atoms in total. The molecule has 3 heteroatoms. The molecule has 0 spiro atoms. The molecular weight excluding hydrogens is 298 g/mol. The van der Waals surface area contributed by atoms with E-state index in [0.29, 0.717) is 6.42 Å². The monoisotopic (exact) mass is 331 g/mol. The average molecular weight is 332 g/mol.